The normalized spacial score (nSPS) is 24.5. The van der Waals surface area contributed by atoms with Crippen LogP contribution in [0.5, 0.6) is 0 Å². The first kappa shape index (κ1) is 14.2. The molecule has 0 saturated heterocycles. The highest BCUT2D eigenvalue weighted by Crippen LogP contribution is 2.37. The molecule has 1 heterocycles. The molecule has 3 rings (SSSR count). The van der Waals surface area contributed by atoms with Crippen molar-refractivity contribution < 1.29 is 14.7 Å². The fourth-order valence-corrected chi connectivity index (χ4v) is 3.95. The number of carboxylic acid groups (broad SMARTS) is 1. The van der Waals surface area contributed by atoms with E-state index in [4.69, 9.17) is 0 Å². The number of thioether (sulfide) groups is 1. The van der Waals surface area contributed by atoms with E-state index in [1.807, 2.05) is 36.4 Å². The number of carbonyl (C=O) groups excluding carboxylic acids is 1. The van der Waals surface area contributed by atoms with Crippen LogP contribution in [0.2, 0.25) is 0 Å². The largest absolute Gasteiger partial charge is 0.481 e. The Morgan fingerprint density at radius 2 is 1.86 bits per heavy atom. The second kappa shape index (κ2) is 5.93. The average Bonchev–Trinajstić information content (AvgIpc) is 2.53. The molecule has 1 aromatic carbocycles. The Bertz CT molecular complexity index is 599. The fraction of sp³-hybridized carbons (Fsp3) is 0.375. The topological polar surface area (TPSA) is 57.6 Å². The summed E-state index contributed by atoms with van der Waals surface area (Å²) in [7, 11) is 0. The maximum Gasteiger partial charge on any atom is 0.307 e. The molecule has 0 fully saturated rings. The van der Waals surface area contributed by atoms with Gasteiger partial charge in [-0.1, -0.05) is 24.3 Å². The van der Waals surface area contributed by atoms with E-state index in [1.54, 1.807) is 16.7 Å². The van der Waals surface area contributed by atoms with E-state index in [2.05, 4.69) is 0 Å². The van der Waals surface area contributed by atoms with Crippen LogP contribution >= 0.6 is 11.8 Å². The monoisotopic (exact) mass is 303 g/mol. The Labute approximate surface area is 127 Å². The quantitative estimate of drug-likeness (QED) is 0.854. The van der Waals surface area contributed by atoms with Gasteiger partial charge in [-0.25, -0.2) is 0 Å². The van der Waals surface area contributed by atoms with Crippen molar-refractivity contribution in [3.05, 3.63) is 36.4 Å². The first-order chi connectivity index (χ1) is 10.2. The van der Waals surface area contributed by atoms with Gasteiger partial charge in [0.15, 0.2) is 0 Å². The first-order valence-electron chi connectivity index (χ1n) is 7.09. The molecule has 1 N–H and O–H groups in total. The molecular formula is C16H17NO3S. The molecular weight excluding hydrogens is 286 g/mol. The van der Waals surface area contributed by atoms with E-state index in [1.165, 1.54) is 0 Å². The van der Waals surface area contributed by atoms with Gasteiger partial charge in [-0.2, -0.15) is 0 Å². The minimum atomic E-state index is -0.877. The summed E-state index contributed by atoms with van der Waals surface area (Å²) in [6.07, 6.45) is 4.74. The predicted molar refractivity (Wildman–Crippen MR) is 82.5 cm³/mol. The Balaban J connectivity index is 1.89. The molecule has 2 atom stereocenters. The van der Waals surface area contributed by atoms with Gasteiger partial charge in [0.2, 0.25) is 5.91 Å². The van der Waals surface area contributed by atoms with Gasteiger partial charge in [0.05, 0.1) is 17.5 Å². The van der Waals surface area contributed by atoms with Crippen LogP contribution in [0.3, 0.4) is 0 Å². The van der Waals surface area contributed by atoms with Crippen LogP contribution in [-0.4, -0.2) is 29.3 Å². The highest BCUT2D eigenvalue weighted by atomic mass is 32.2. The lowest BCUT2D eigenvalue weighted by Gasteiger charge is -2.34. The van der Waals surface area contributed by atoms with Crippen molar-refractivity contribution in [3.8, 4) is 0 Å². The van der Waals surface area contributed by atoms with Crippen LogP contribution in [0.4, 0.5) is 5.69 Å². The van der Waals surface area contributed by atoms with Gasteiger partial charge >= 0.3 is 5.97 Å². The van der Waals surface area contributed by atoms with Gasteiger partial charge in [-0.05, 0) is 25.0 Å². The predicted octanol–water partition coefficient (Wildman–Crippen LogP) is 2.79. The van der Waals surface area contributed by atoms with Crippen LogP contribution in [0, 0.1) is 11.8 Å². The summed E-state index contributed by atoms with van der Waals surface area (Å²) >= 11 is 1.74. The van der Waals surface area contributed by atoms with Crippen LogP contribution in [0.1, 0.15) is 12.8 Å². The molecule has 1 aliphatic carbocycles. The van der Waals surface area contributed by atoms with Gasteiger partial charge in [-0.3, -0.25) is 9.59 Å². The number of para-hydroxylation sites is 1. The van der Waals surface area contributed by atoms with Crippen molar-refractivity contribution in [1.82, 2.24) is 0 Å². The lowest BCUT2D eigenvalue weighted by atomic mass is 9.82. The second-order valence-corrected chi connectivity index (χ2v) is 6.44. The molecule has 0 spiro atoms. The zero-order valence-electron chi connectivity index (χ0n) is 11.6. The van der Waals surface area contributed by atoms with Gasteiger partial charge in [0.25, 0.3) is 0 Å². The number of anilines is 1. The first-order valence-corrected chi connectivity index (χ1v) is 8.08. The molecule has 0 bridgehead atoms. The summed E-state index contributed by atoms with van der Waals surface area (Å²) in [5.74, 6) is -1.15. The van der Waals surface area contributed by atoms with E-state index in [-0.39, 0.29) is 5.91 Å². The molecule has 110 valence electrons. The molecule has 0 radical (unpaired) electrons. The van der Waals surface area contributed by atoms with Crippen LogP contribution < -0.4 is 4.90 Å². The lowest BCUT2D eigenvalue weighted by molar-refractivity contribution is -0.146. The number of amides is 1. The number of carboxylic acids is 1. The number of fused-ring (bicyclic) bond motifs is 1. The molecule has 0 aromatic heterocycles. The number of rotatable bonds is 2. The molecule has 1 amide bonds. The molecule has 1 aromatic rings. The van der Waals surface area contributed by atoms with Crippen molar-refractivity contribution in [2.24, 2.45) is 11.8 Å². The third-order valence-electron chi connectivity index (χ3n) is 4.06. The minimum Gasteiger partial charge on any atom is -0.481 e. The maximum absolute atomic E-state index is 12.9. The van der Waals surface area contributed by atoms with Crippen LogP contribution in [0.25, 0.3) is 0 Å². The zero-order chi connectivity index (χ0) is 14.8. The number of nitrogens with zero attached hydrogens (tertiary/aromatic N) is 1. The Morgan fingerprint density at radius 1 is 1.14 bits per heavy atom. The van der Waals surface area contributed by atoms with Crippen LogP contribution in [-0.2, 0) is 9.59 Å². The fourth-order valence-electron chi connectivity index (χ4n) is 2.96. The average molecular weight is 303 g/mol. The minimum absolute atomic E-state index is 0.0560. The summed E-state index contributed by atoms with van der Waals surface area (Å²) in [5, 5.41) is 9.34. The Hall–Kier alpha value is -1.75. The summed E-state index contributed by atoms with van der Waals surface area (Å²) in [6, 6.07) is 7.83. The number of allylic oxidation sites excluding steroid dienone is 2. The summed E-state index contributed by atoms with van der Waals surface area (Å²) in [4.78, 5) is 27.1. The van der Waals surface area contributed by atoms with Gasteiger partial charge < -0.3 is 10.0 Å². The molecule has 4 nitrogen and oxygen atoms in total. The van der Waals surface area contributed by atoms with E-state index in [9.17, 15) is 14.7 Å². The highest BCUT2D eigenvalue weighted by Gasteiger charge is 2.37. The van der Waals surface area contributed by atoms with E-state index >= 15 is 0 Å². The second-order valence-electron chi connectivity index (χ2n) is 5.30. The third-order valence-corrected chi connectivity index (χ3v) is 5.10. The molecule has 5 heteroatoms. The lowest BCUT2D eigenvalue weighted by Crippen LogP contribution is -2.44. The smallest absolute Gasteiger partial charge is 0.307 e. The van der Waals surface area contributed by atoms with Crippen molar-refractivity contribution in [3.63, 3.8) is 0 Å². The molecule has 0 saturated carbocycles. The van der Waals surface area contributed by atoms with Crippen molar-refractivity contribution in [2.45, 2.75) is 17.7 Å². The molecule has 1 aliphatic heterocycles. The van der Waals surface area contributed by atoms with Crippen molar-refractivity contribution in [1.29, 1.82) is 0 Å². The van der Waals surface area contributed by atoms with E-state index in [0.717, 1.165) is 16.3 Å². The summed E-state index contributed by atoms with van der Waals surface area (Å²) in [5.41, 5.74) is 0.914. The molecule has 2 aliphatic rings. The number of carbonyl (C=O) groups is 2. The van der Waals surface area contributed by atoms with E-state index < -0.39 is 17.8 Å². The van der Waals surface area contributed by atoms with Crippen LogP contribution in [0.15, 0.2) is 41.3 Å². The number of hydrogen-bond donors (Lipinski definition) is 1. The third kappa shape index (κ3) is 2.70. The highest BCUT2D eigenvalue weighted by molar-refractivity contribution is 7.99. The zero-order valence-corrected chi connectivity index (χ0v) is 12.4. The molecule has 2 unspecified atom stereocenters. The SMILES string of the molecule is O=C(O)C1CC=CCC1C(=O)N1CCSc2ccccc21. The van der Waals surface area contributed by atoms with Gasteiger partial charge in [-0.15, -0.1) is 11.8 Å². The van der Waals surface area contributed by atoms with Gasteiger partial charge in [0, 0.05) is 17.2 Å². The standard InChI is InChI=1S/C16H17NO3S/c18-15(11-5-1-2-6-12(11)16(19)20)17-9-10-21-14-8-4-3-7-13(14)17/h1-4,7-8,11-12H,5-6,9-10H2,(H,19,20). The number of aliphatic carboxylic acids is 1. The van der Waals surface area contributed by atoms with Crippen molar-refractivity contribution >= 4 is 29.3 Å². The van der Waals surface area contributed by atoms with E-state index in [0.29, 0.717) is 19.4 Å². The number of hydrogen-bond acceptors (Lipinski definition) is 3. The maximum atomic E-state index is 12.9. The Kier molecular flexibility index (Phi) is 4.01. The van der Waals surface area contributed by atoms with Crippen molar-refractivity contribution in [2.75, 3.05) is 17.2 Å². The number of benzene rings is 1. The molecule has 21 heavy (non-hydrogen) atoms. The summed E-state index contributed by atoms with van der Waals surface area (Å²) < 4.78 is 0. The summed E-state index contributed by atoms with van der Waals surface area (Å²) in [6.45, 7) is 0.646. The Morgan fingerprint density at radius 3 is 2.62 bits per heavy atom. The van der Waals surface area contributed by atoms with Gasteiger partial charge in [0.1, 0.15) is 0 Å².